The Balaban J connectivity index is 1.81. The number of aliphatic hydroxyl groups is 8. The Hall–Kier alpha value is -0.900. The van der Waals surface area contributed by atoms with Crippen molar-refractivity contribution in [2.45, 2.75) is 197 Å². The van der Waals surface area contributed by atoms with Crippen LogP contribution in [-0.2, 0) is 42.1 Å². The first-order valence-electron chi connectivity index (χ1n) is 20.5. The number of hydrogen-bond acceptors (Lipinski definition) is 17. The minimum atomic E-state index is -4.98. The highest BCUT2D eigenvalue weighted by Gasteiger charge is 2.46. The summed E-state index contributed by atoms with van der Waals surface area (Å²) in [5, 5.41) is 79.9. The van der Waals surface area contributed by atoms with Crippen molar-refractivity contribution in [1.82, 2.24) is 0 Å². The van der Waals surface area contributed by atoms with Gasteiger partial charge in [-0.25, -0.2) is 4.57 Å². The monoisotopic (exact) mass is 834 g/mol. The average molecular weight is 835 g/mol. The van der Waals surface area contributed by atoms with E-state index < -0.39 is 120 Å². The number of aliphatic hydroxyl groups excluding tert-OH is 8. The zero-order valence-electron chi connectivity index (χ0n) is 33.1. The van der Waals surface area contributed by atoms with Crippen LogP contribution in [0.5, 0.6) is 0 Å². The van der Waals surface area contributed by atoms with Gasteiger partial charge in [-0.2, -0.15) is 0 Å². The van der Waals surface area contributed by atoms with Gasteiger partial charge in [0.05, 0.1) is 33.0 Å². The predicted octanol–water partition coefficient (Wildman–Crippen LogP) is 1.70. The van der Waals surface area contributed by atoms with Crippen molar-refractivity contribution in [3.63, 3.8) is 0 Å². The maximum atomic E-state index is 13.1. The standard InChI is InChI=1S/C37H71O18P/c1-3-5-6-7-8-9-10-11-12-13-14-15-16-17-18-19-29(40)52-25(4-2)24-51-56(47,48)55-26(22-49-36-34(45)32(43)30(41)27(20-38)53-36)23-50-37-35(46)33(44)31(42)28(21-39)54-37/h25-28,30-39,41-46H,3-24H2,1-2H3,(H,47,48). The Bertz CT molecular complexity index is 1030. The third-order valence-electron chi connectivity index (χ3n) is 10.0. The molecular formula is C37H71O18P. The Morgan fingerprint density at radius 1 is 0.589 bits per heavy atom. The summed E-state index contributed by atoms with van der Waals surface area (Å²) in [6.45, 7) is 0.516. The van der Waals surface area contributed by atoms with Crippen LogP contribution in [0.3, 0.4) is 0 Å². The van der Waals surface area contributed by atoms with Gasteiger partial charge >= 0.3 is 13.8 Å². The van der Waals surface area contributed by atoms with Crippen molar-refractivity contribution >= 4 is 13.8 Å². The predicted molar refractivity (Wildman–Crippen MR) is 200 cm³/mol. The molecule has 9 N–H and O–H groups in total. The molecule has 0 saturated carbocycles. The van der Waals surface area contributed by atoms with Crippen molar-refractivity contribution in [3.8, 4) is 0 Å². The molecule has 2 aliphatic rings. The van der Waals surface area contributed by atoms with Crippen LogP contribution in [0.2, 0.25) is 0 Å². The van der Waals surface area contributed by atoms with Crippen LogP contribution >= 0.6 is 7.82 Å². The first kappa shape index (κ1) is 51.2. The van der Waals surface area contributed by atoms with E-state index in [2.05, 4.69) is 6.92 Å². The number of carbonyl (C=O) groups excluding carboxylic acids is 1. The van der Waals surface area contributed by atoms with Crippen LogP contribution in [0.15, 0.2) is 0 Å². The van der Waals surface area contributed by atoms with Crippen molar-refractivity contribution in [1.29, 1.82) is 0 Å². The summed E-state index contributed by atoms with van der Waals surface area (Å²) >= 11 is 0. The quantitative estimate of drug-likeness (QED) is 0.0273. The number of phosphoric ester groups is 1. The maximum Gasteiger partial charge on any atom is 0.472 e. The largest absolute Gasteiger partial charge is 0.472 e. The van der Waals surface area contributed by atoms with Gasteiger partial charge in [-0.1, -0.05) is 104 Å². The van der Waals surface area contributed by atoms with Gasteiger partial charge in [0, 0.05) is 6.42 Å². The highest BCUT2D eigenvalue weighted by atomic mass is 31.2. The second-order valence-electron chi connectivity index (χ2n) is 14.8. The van der Waals surface area contributed by atoms with E-state index in [4.69, 9.17) is 32.7 Å². The summed E-state index contributed by atoms with van der Waals surface area (Å²) in [5.41, 5.74) is 0. The molecule has 2 fully saturated rings. The minimum Gasteiger partial charge on any atom is -0.460 e. The lowest BCUT2D eigenvalue weighted by Crippen LogP contribution is -2.60. The molecule has 56 heavy (non-hydrogen) atoms. The Morgan fingerprint density at radius 3 is 1.39 bits per heavy atom. The normalized spacial score (nSPS) is 30.5. The van der Waals surface area contributed by atoms with Crippen LogP contribution in [-0.4, -0.2) is 158 Å². The highest BCUT2D eigenvalue weighted by molar-refractivity contribution is 7.47. The van der Waals surface area contributed by atoms with Gasteiger partial charge in [-0.3, -0.25) is 13.8 Å². The van der Waals surface area contributed by atoms with Gasteiger partial charge in [0.1, 0.15) is 61.0 Å². The first-order chi connectivity index (χ1) is 26.8. The Morgan fingerprint density at radius 2 is 1.00 bits per heavy atom. The molecule has 0 spiro atoms. The Labute approximate surface area is 331 Å². The van der Waals surface area contributed by atoms with Crippen LogP contribution in [0.25, 0.3) is 0 Å². The number of rotatable bonds is 31. The fourth-order valence-electron chi connectivity index (χ4n) is 6.44. The number of esters is 1. The zero-order chi connectivity index (χ0) is 41.5. The molecular weight excluding hydrogens is 763 g/mol. The lowest BCUT2D eigenvalue weighted by atomic mass is 9.99. The van der Waals surface area contributed by atoms with E-state index in [1.54, 1.807) is 6.92 Å². The van der Waals surface area contributed by atoms with Gasteiger partial charge < -0.3 is 69.4 Å². The fourth-order valence-corrected chi connectivity index (χ4v) is 7.35. The van der Waals surface area contributed by atoms with Crippen LogP contribution < -0.4 is 0 Å². The fraction of sp³-hybridized carbons (Fsp3) is 0.973. The third kappa shape index (κ3) is 19.0. The second kappa shape index (κ2) is 28.5. The van der Waals surface area contributed by atoms with E-state index in [0.717, 1.165) is 19.3 Å². The summed E-state index contributed by atoms with van der Waals surface area (Å²) in [7, 11) is -4.98. The summed E-state index contributed by atoms with van der Waals surface area (Å²) < 4.78 is 50.4. The third-order valence-corrected chi connectivity index (χ3v) is 11.1. The van der Waals surface area contributed by atoms with Gasteiger partial charge in [0.15, 0.2) is 12.6 Å². The molecule has 0 radical (unpaired) electrons. The van der Waals surface area contributed by atoms with Crippen molar-refractivity contribution in [2.75, 3.05) is 33.0 Å². The summed E-state index contributed by atoms with van der Waals surface area (Å²) in [4.78, 5) is 23.1. The molecule has 2 aliphatic heterocycles. The number of ether oxygens (including phenoxy) is 5. The molecule has 19 heteroatoms. The number of phosphoric acid groups is 1. The van der Waals surface area contributed by atoms with Gasteiger partial charge in [0.2, 0.25) is 0 Å². The highest BCUT2D eigenvalue weighted by Crippen LogP contribution is 2.45. The van der Waals surface area contributed by atoms with Crippen molar-refractivity contribution in [3.05, 3.63) is 0 Å². The molecule has 0 aromatic rings. The molecule has 18 nitrogen and oxygen atoms in total. The van der Waals surface area contributed by atoms with E-state index in [0.29, 0.717) is 6.42 Å². The van der Waals surface area contributed by atoms with Crippen LogP contribution in [0, 0.1) is 0 Å². The molecule has 0 aliphatic carbocycles. The molecule has 0 bridgehead atoms. The topological polar surface area (TPSA) is 281 Å². The van der Waals surface area contributed by atoms with Gasteiger partial charge in [0.25, 0.3) is 0 Å². The molecule has 2 saturated heterocycles. The Kier molecular flexibility index (Phi) is 26.1. The summed E-state index contributed by atoms with van der Waals surface area (Å²) in [6.07, 6.45) is -0.534. The number of hydrogen-bond donors (Lipinski definition) is 9. The van der Waals surface area contributed by atoms with Crippen LogP contribution in [0.1, 0.15) is 123 Å². The second-order valence-corrected chi connectivity index (χ2v) is 16.2. The van der Waals surface area contributed by atoms with Crippen LogP contribution in [0.4, 0.5) is 0 Å². The molecule has 12 atom stereocenters. The number of unbranched alkanes of at least 4 members (excludes halogenated alkanes) is 14. The first-order valence-corrected chi connectivity index (χ1v) is 22.0. The van der Waals surface area contributed by atoms with Gasteiger partial charge in [-0.05, 0) is 12.8 Å². The smallest absolute Gasteiger partial charge is 0.460 e. The number of carbonyl (C=O) groups is 1. The molecule has 332 valence electrons. The molecule has 0 aromatic carbocycles. The van der Waals surface area contributed by atoms with Crippen molar-refractivity contribution < 1.29 is 87.8 Å². The lowest BCUT2D eigenvalue weighted by Gasteiger charge is -2.40. The maximum absolute atomic E-state index is 13.1. The average Bonchev–Trinajstić information content (AvgIpc) is 3.18. The van der Waals surface area contributed by atoms with E-state index in [1.165, 1.54) is 70.6 Å². The molecule has 0 amide bonds. The van der Waals surface area contributed by atoms with Crippen molar-refractivity contribution in [2.24, 2.45) is 0 Å². The summed E-state index contributed by atoms with van der Waals surface area (Å²) in [6, 6.07) is 0. The molecule has 2 rings (SSSR count). The zero-order valence-corrected chi connectivity index (χ0v) is 34.0. The molecule has 0 aromatic heterocycles. The van der Waals surface area contributed by atoms with Gasteiger partial charge in [-0.15, -0.1) is 0 Å². The van der Waals surface area contributed by atoms with E-state index in [9.17, 15) is 55.1 Å². The SMILES string of the molecule is CCCCCCCCCCCCCCCCCC(=O)OC(CC)COP(=O)(O)OC(COC1OC(CO)C(O)C(O)C1O)COC1OC(CO)C(O)C(O)C1O. The molecule has 12 unspecified atom stereocenters. The minimum absolute atomic E-state index is 0.189. The van der Waals surface area contributed by atoms with E-state index in [1.807, 2.05) is 0 Å². The molecule has 2 heterocycles. The van der Waals surface area contributed by atoms with E-state index in [-0.39, 0.29) is 12.8 Å². The van der Waals surface area contributed by atoms with E-state index >= 15 is 0 Å². The lowest BCUT2D eigenvalue weighted by molar-refractivity contribution is -0.313. The summed E-state index contributed by atoms with van der Waals surface area (Å²) in [5.74, 6) is -0.470.